The van der Waals surface area contributed by atoms with E-state index in [-0.39, 0.29) is 6.42 Å². The molecule has 1 heterocycles. The molecule has 0 saturated heterocycles. The van der Waals surface area contributed by atoms with E-state index in [0.717, 1.165) is 0 Å². The number of alkyl halides is 3. The summed E-state index contributed by atoms with van der Waals surface area (Å²) < 4.78 is 37.0. The number of nitrogens with one attached hydrogen (secondary N) is 1. The third-order valence-electron chi connectivity index (χ3n) is 1.91. The lowest BCUT2D eigenvalue weighted by atomic mass is 10.1. The van der Waals surface area contributed by atoms with Gasteiger partial charge in [0.15, 0.2) is 0 Å². The maximum absolute atomic E-state index is 12.3. The molecular weight excluding hydrogens is 193 g/mol. The van der Waals surface area contributed by atoms with Gasteiger partial charge in [-0.25, -0.2) is 0 Å². The van der Waals surface area contributed by atoms with Crippen molar-refractivity contribution in [1.29, 1.82) is 0 Å². The van der Waals surface area contributed by atoms with Gasteiger partial charge in [-0.2, -0.15) is 13.2 Å². The Labute approximate surface area is 80.2 Å². The zero-order chi connectivity index (χ0) is 10.6. The highest BCUT2D eigenvalue weighted by Crippen LogP contribution is 2.22. The van der Waals surface area contributed by atoms with E-state index in [4.69, 9.17) is 0 Å². The van der Waals surface area contributed by atoms with Crippen molar-refractivity contribution in [3.05, 3.63) is 30.1 Å². The summed E-state index contributed by atoms with van der Waals surface area (Å²) in [6.45, 7) is 0. The van der Waals surface area contributed by atoms with Gasteiger partial charge in [0.25, 0.3) is 0 Å². The van der Waals surface area contributed by atoms with Crippen molar-refractivity contribution in [2.24, 2.45) is 0 Å². The molecule has 0 fully saturated rings. The van der Waals surface area contributed by atoms with Gasteiger partial charge < -0.3 is 5.32 Å². The number of hydrogen-bond donors (Lipinski definition) is 1. The van der Waals surface area contributed by atoms with Gasteiger partial charge in [-0.1, -0.05) is 6.07 Å². The number of aromatic nitrogens is 1. The van der Waals surface area contributed by atoms with E-state index in [1.54, 1.807) is 12.1 Å². The van der Waals surface area contributed by atoms with Crippen molar-refractivity contribution in [3.8, 4) is 0 Å². The van der Waals surface area contributed by atoms with Crippen molar-refractivity contribution in [2.75, 3.05) is 7.05 Å². The molecule has 0 aromatic carbocycles. The second-order valence-electron chi connectivity index (χ2n) is 2.95. The first-order chi connectivity index (χ1) is 6.54. The molecule has 0 bridgehead atoms. The molecule has 0 aliphatic rings. The Balaban J connectivity index is 2.67. The Morgan fingerprint density at radius 1 is 1.50 bits per heavy atom. The standard InChI is InChI=1S/C9H11F3N2/c1-13-8(9(10,11)12)5-7-3-2-4-14-6-7/h2-4,6,8,13H,5H2,1H3. The summed E-state index contributed by atoms with van der Waals surface area (Å²) in [5, 5.41) is 2.24. The van der Waals surface area contributed by atoms with Gasteiger partial charge in [-0.3, -0.25) is 4.98 Å². The molecule has 0 amide bonds. The zero-order valence-corrected chi connectivity index (χ0v) is 7.67. The van der Waals surface area contributed by atoms with Crippen LogP contribution in [0.3, 0.4) is 0 Å². The lowest BCUT2D eigenvalue weighted by molar-refractivity contribution is -0.154. The molecule has 1 aromatic heterocycles. The number of rotatable bonds is 3. The summed E-state index contributed by atoms with van der Waals surface area (Å²) in [6.07, 6.45) is -1.33. The fourth-order valence-electron chi connectivity index (χ4n) is 1.14. The second-order valence-corrected chi connectivity index (χ2v) is 2.95. The van der Waals surface area contributed by atoms with Crippen molar-refractivity contribution < 1.29 is 13.2 Å². The Morgan fingerprint density at radius 2 is 2.21 bits per heavy atom. The molecule has 0 saturated carbocycles. The van der Waals surface area contributed by atoms with Crippen LogP contribution in [0.2, 0.25) is 0 Å². The molecule has 1 unspecified atom stereocenters. The number of hydrogen-bond acceptors (Lipinski definition) is 2. The lowest BCUT2D eigenvalue weighted by Crippen LogP contribution is -2.41. The highest BCUT2D eigenvalue weighted by molar-refractivity contribution is 5.10. The molecule has 1 rings (SSSR count). The van der Waals surface area contributed by atoms with Gasteiger partial charge >= 0.3 is 6.18 Å². The first-order valence-electron chi connectivity index (χ1n) is 4.17. The number of halogens is 3. The van der Waals surface area contributed by atoms with Crippen LogP contribution in [0.1, 0.15) is 5.56 Å². The predicted octanol–water partition coefficient (Wildman–Crippen LogP) is 1.77. The van der Waals surface area contributed by atoms with E-state index >= 15 is 0 Å². The number of nitrogens with zero attached hydrogens (tertiary/aromatic N) is 1. The first kappa shape index (κ1) is 11.0. The van der Waals surface area contributed by atoms with E-state index in [2.05, 4.69) is 10.3 Å². The van der Waals surface area contributed by atoms with E-state index in [0.29, 0.717) is 5.56 Å². The van der Waals surface area contributed by atoms with Crippen LogP contribution in [0.5, 0.6) is 0 Å². The third-order valence-corrected chi connectivity index (χ3v) is 1.91. The molecule has 1 atom stereocenters. The summed E-state index contributed by atoms with van der Waals surface area (Å²) in [6, 6.07) is 1.74. The number of likely N-dealkylation sites (N-methyl/N-ethyl adjacent to an activating group) is 1. The number of pyridine rings is 1. The van der Waals surface area contributed by atoms with E-state index < -0.39 is 12.2 Å². The van der Waals surface area contributed by atoms with Crippen LogP contribution in [0.4, 0.5) is 13.2 Å². The highest BCUT2D eigenvalue weighted by atomic mass is 19.4. The van der Waals surface area contributed by atoms with Crippen molar-refractivity contribution >= 4 is 0 Å². The summed E-state index contributed by atoms with van der Waals surface area (Å²) >= 11 is 0. The van der Waals surface area contributed by atoms with Crippen LogP contribution >= 0.6 is 0 Å². The highest BCUT2D eigenvalue weighted by Gasteiger charge is 2.38. The average Bonchev–Trinajstić information content (AvgIpc) is 2.14. The molecule has 0 aliphatic carbocycles. The maximum Gasteiger partial charge on any atom is 0.404 e. The van der Waals surface area contributed by atoms with Gasteiger partial charge in [0, 0.05) is 12.4 Å². The molecule has 78 valence electrons. The minimum atomic E-state index is -4.22. The summed E-state index contributed by atoms with van der Waals surface area (Å²) in [5.74, 6) is 0. The Bertz CT molecular complexity index is 271. The monoisotopic (exact) mass is 204 g/mol. The van der Waals surface area contributed by atoms with Gasteiger partial charge in [0.1, 0.15) is 6.04 Å². The van der Waals surface area contributed by atoms with Crippen molar-refractivity contribution in [2.45, 2.75) is 18.6 Å². The largest absolute Gasteiger partial charge is 0.404 e. The molecule has 0 spiro atoms. The zero-order valence-electron chi connectivity index (χ0n) is 7.67. The molecule has 2 nitrogen and oxygen atoms in total. The third kappa shape index (κ3) is 2.99. The van der Waals surface area contributed by atoms with E-state index in [1.165, 1.54) is 19.4 Å². The van der Waals surface area contributed by atoms with E-state index in [9.17, 15) is 13.2 Å². The van der Waals surface area contributed by atoms with Gasteiger partial charge in [-0.15, -0.1) is 0 Å². The van der Waals surface area contributed by atoms with Gasteiger partial charge in [0.05, 0.1) is 0 Å². The second kappa shape index (κ2) is 4.41. The molecule has 1 N–H and O–H groups in total. The fraction of sp³-hybridized carbons (Fsp3) is 0.444. The Hall–Kier alpha value is -1.10. The maximum atomic E-state index is 12.3. The lowest BCUT2D eigenvalue weighted by Gasteiger charge is -2.19. The summed E-state index contributed by atoms with van der Waals surface area (Å²) in [7, 11) is 1.30. The van der Waals surface area contributed by atoms with Crippen LogP contribution < -0.4 is 5.32 Å². The molecule has 14 heavy (non-hydrogen) atoms. The van der Waals surface area contributed by atoms with Gasteiger partial charge in [0.2, 0.25) is 0 Å². The van der Waals surface area contributed by atoms with Crippen molar-refractivity contribution in [3.63, 3.8) is 0 Å². The molecule has 1 aromatic rings. The van der Waals surface area contributed by atoms with Crippen LogP contribution in [0.15, 0.2) is 24.5 Å². The van der Waals surface area contributed by atoms with E-state index in [1.807, 2.05) is 0 Å². The van der Waals surface area contributed by atoms with Crippen LogP contribution in [-0.2, 0) is 6.42 Å². The van der Waals surface area contributed by atoms with Crippen LogP contribution in [-0.4, -0.2) is 24.2 Å². The van der Waals surface area contributed by atoms with Gasteiger partial charge in [-0.05, 0) is 25.1 Å². The normalized spacial score (nSPS) is 14.0. The minimum absolute atomic E-state index is 0.0894. The Morgan fingerprint density at radius 3 is 2.64 bits per heavy atom. The van der Waals surface area contributed by atoms with Crippen LogP contribution in [0, 0.1) is 0 Å². The minimum Gasteiger partial charge on any atom is -0.309 e. The fourth-order valence-corrected chi connectivity index (χ4v) is 1.14. The molecule has 0 aliphatic heterocycles. The first-order valence-corrected chi connectivity index (χ1v) is 4.17. The smallest absolute Gasteiger partial charge is 0.309 e. The van der Waals surface area contributed by atoms with Crippen molar-refractivity contribution in [1.82, 2.24) is 10.3 Å². The molecule has 5 heteroatoms. The summed E-state index contributed by atoms with van der Waals surface area (Å²) in [4.78, 5) is 3.76. The van der Waals surface area contributed by atoms with Crippen LogP contribution in [0.25, 0.3) is 0 Å². The molecule has 0 radical (unpaired) electrons. The predicted molar refractivity (Wildman–Crippen MR) is 46.8 cm³/mol. The SMILES string of the molecule is CNC(Cc1cccnc1)C(F)(F)F. The molecular formula is C9H11F3N2. The average molecular weight is 204 g/mol. The quantitative estimate of drug-likeness (QED) is 0.811. The topological polar surface area (TPSA) is 24.9 Å². The Kier molecular flexibility index (Phi) is 3.46. The summed E-state index contributed by atoms with van der Waals surface area (Å²) in [5.41, 5.74) is 0.573.